The number of ether oxygens (including phenoxy) is 1. The molecule has 1 N–H and O–H groups in total. The van der Waals surface area contributed by atoms with Crippen molar-refractivity contribution in [3.8, 4) is 5.75 Å². The number of hydrogen-bond donors (Lipinski definition) is 1. The monoisotopic (exact) mass is 462 g/mol. The van der Waals surface area contributed by atoms with Gasteiger partial charge in [0.05, 0.1) is 23.0 Å². The Labute approximate surface area is 184 Å². The number of amides is 2. The van der Waals surface area contributed by atoms with Gasteiger partial charge in [-0.3, -0.25) is 19.7 Å². The van der Waals surface area contributed by atoms with Gasteiger partial charge in [0.15, 0.2) is 0 Å². The molecule has 2 amide bonds. The average molecular weight is 462 g/mol. The van der Waals surface area contributed by atoms with Crippen molar-refractivity contribution < 1.29 is 27.7 Å². The molecule has 0 aromatic heterocycles. The van der Waals surface area contributed by atoms with Crippen molar-refractivity contribution in [3.63, 3.8) is 0 Å². The van der Waals surface area contributed by atoms with Gasteiger partial charge in [0, 0.05) is 38.7 Å². The number of anilines is 1. The van der Waals surface area contributed by atoms with Gasteiger partial charge in [0.25, 0.3) is 11.6 Å². The highest BCUT2D eigenvalue weighted by Crippen LogP contribution is 2.29. The predicted molar refractivity (Wildman–Crippen MR) is 115 cm³/mol. The third-order valence-electron chi connectivity index (χ3n) is 5.07. The third-order valence-corrected chi connectivity index (χ3v) is 6.96. The second-order valence-corrected chi connectivity index (χ2v) is 8.97. The molecule has 170 valence electrons. The lowest BCUT2D eigenvalue weighted by atomic mass is 10.2. The standard InChI is InChI=1S/C20H22N4O7S/c1-14(25)22-8-10-23(11-9-22)32(29,30)17-5-3-4-15(12-17)20(26)21-18-7-6-16(31-2)13-19(18)24(27)28/h3-7,12-13H,8-11H2,1-2H3,(H,21,26). The molecule has 2 aromatic carbocycles. The molecule has 1 aliphatic rings. The van der Waals surface area contributed by atoms with Crippen molar-refractivity contribution in [1.29, 1.82) is 0 Å². The van der Waals surface area contributed by atoms with Crippen LogP contribution in [0.4, 0.5) is 11.4 Å². The molecule has 11 nitrogen and oxygen atoms in total. The number of benzene rings is 2. The van der Waals surface area contributed by atoms with Crippen molar-refractivity contribution in [1.82, 2.24) is 9.21 Å². The van der Waals surface area contributed by atoms with Crippen LogP contribution in [0.15, 0.2) is 47.4 Å². The molecule has 32 heavy (non-hydrogen) atoms. The molecule has 1 heterocycles. The zero-order valence-electron chi connectivity index (χ0n) is 17.5. The lowest BCUT2D eigenvalue weighted by molar-refractivity contribution is -0.384. The van der Waals surface area contributed by atoms with Crippen LogP contribution in [0.5, 0.6) is 5.75 Å². The molecule has 0 atom stereocenters. The SMILES string of the molecule is COc1ccc(NC(=O)c2cccc(S(=O)(=O)N3CCN(C(C)=O)CC3)c2)c([N+](=O)[O-])c1. The Morgan fingerprint density at radius 3 is 2.38 bits per heavy atom. The van der Waals surface area contributed by atoms with Crippen LogP contribution in [0.3, 0.4) is 0 Å². The van der Waals surface area contributed by atoms with Crippen LogP contribution in [0.2, 0.25) is 0 Å². The Morgan fingerprint density at radius 1 is 1.09 bits per heavy atom. The van der Waals surface area contributed by atoms with Crippen LogP contribution in [-0.2, 0) is 14.8 Å². The average Bonchev–Trinajstić information content (AvgIpc) is 2.79. The third kappa shape index (κ3) is 4.86. The maximum absolute atomic E-state index is 13.0. The molecule has 3 rings (SSSR count). The number of carbonyl (C=O) groups excluding carboxylic acids is 2. The number of nitrogens with one attached hydrogen (secondary N) is 1. The van der Waals surface area contributed by atoms with Crippen LogP contribution in [0.1, 0.15) is 17.3 Å². The Hall–Kier alpha value is -3.51. The fourth-order valence-electron chi connectivity index (χ4n) is 3.28. The summed E-state index contributed by atoms with van der Waals surface area (Å²) in [6.45, 7) is 2.30. The topological polar surface area (TPSA) is 139 Å². The molecule has 0 spiro atoms. The molecule has 1 fully saturated rings. The van der Waals surface area contributed by atoms with E-state index in [4.69, 9.17) is 4.74 Å². The molecule has 0 bridgehead atoms. The van der Waals surface area contributed by atoms with Crippen LogP contribution in [0.25, 0.3) is 0 Å². The number of piperazine rings is 1. The molecule has 0 aliphatic carbocycles. The van der Waals surface area contributed by atoms with Crippen molar-refractivity contribution in [2.24, 2.45) is 0 Å². The molecule has 2 aromatic rings. The maximum atomic E-state index is 13.0. The van der Waals surface area contributed by atoms with Crippen molar-refractivity contribution in [3.05, 3.63) is 58.1 Å². The van der Waals surface area contributed by atoms with E-state index in [1.165, 1.54) is 60.8 Å². The van der Waals surface area contributed by atoms with E-state index in [0.717, 1.165) is 0 Å². The minimum atomic E-state index is -3.88. The predicted octanol–water partition coefficient (Wildman–Crippen LogP) is 1.71. The van der Waals surface area contributed by atoms with Crippen molar-refractivity contribution in [2.45, 2.75) is 11.8 Å². The second kappa shape index (κ2) is 9.32. The quantitative estimate of drug-likeness (QED) is 0.509. The number of carbonyl (C=O) groups is 2. The van der Waals surface area contributed by atoms with Crippen LogP contribution >= 0.6 is 0 Å². The van der Waals surface area contributed by atoms with E-state index in [0.29, 0.717) is 0 Å². The molecule has 1 saturated heterocycles. The number of hydrogen-bond acceptors (Lipinski definition) is 7. The van der Waals surface area contributed by atoms with Crippen LogP contribution < -0.4 is 10.1 Å². The number of rotatable bonds is 6. The van der Waals surface area contributed by atoms with Gasteiger partial charge in [0.1, 0.15) is 11.4 Å². The lowest BCUT2D eigenvalue weighted by Crippen LogP contribution is -2.49. The summed E-state index contributed by atoms with van der Waals surface area (Å²) >= 11 is 0. The molecule has 0 unspecified atom stereocenters. The van der Waals surface area contributed by atoms with Crippen LogP contribution in [0, 0.1) is 10.1 Å². The minimum absolute atomic E-state index is 0.0264. The fraction of sp³-hybridized carbons (Fsp3) is 0.300. The van der Waals surface area contributed by atoms with Gasteiger partial charge in [-0.15, -0.1) is 0 Å². The van der Waals surface area contributed by atoms with Gasteiger partial charge in [-0.1, -0.05) is 6.07 Å². The summed E-state index contributed by atoms with van der Waals surface area (Å²) in [4.78, 5) is 36.3. The Morgan fingerprint density at radius 2 is 1.78 bits per heavy atom. The molecular formula is C20H22N4O7S. The largest absolute Gasteiger partial charge is 0.496 e. The Bertz CT molecular complexity index is 1160. The highest BCUT2D eigenvalue weighted by molar-refractivity contribution is 7.89. The summed E-state index contributed by atoms with van der Waals surface area (Å²) in [5.41, 5.74) is -0.377. The summed E-state index contributed by atoms with van der Waals surface area (Å²) in [7, 11) is -2.52. The Kier molecular flexibility index (Phi) is 6.75. The number of methoxy groups -OCH3 is 1. The summed E-state index contributed by atoms with van der Waals surface area (Å²) < 4.78 is 32.2. The van der Waals surface area contributed by atoms with Gasteiger partial charge in [-0.25, -0.2) is 8.42 Å². The summed E-state index contributed by atoms with van der Waals surface area (Å²) in [5.74, 6) is -0.558. The second-order valence-electron chi connectivity index (χ2n) is 7.03. The van der Waals surface area contributed by atoms with Gasteiger partial charge in [-0.05, 0) is 30.3 Å². The van der Waals surface area contributed by atoms with E-state index < -0.39 is 20.9 Å². The smallest absolute Gasteiger partial charge is 0.296 e. The first-order valence-corrected chi connectivity index (χ1v) is 11.1. The van der Waals surface area contributed by atoms with Gasteiger partial charge >= 0.3 is 0 Å². The number of sulfonamides is 1. The summed E-state index contributed by atoms with van der Waals surface area (Å²) in [6.07, 6.45) is 0. The first-order valence-electron chi connectivity index (χ1n) is 9.63. The lowest BCUT2D eigenvalue weighted by Gasteiger charge is -2.33. The van der Waals surface area contributed by atoms with Gasteiger partial charge in [0.2, 0.25) is 15.9 Å². The van der Waals surface area contributed by atoms with E-state index in [1.807, 2.05) is 0 Å². The molecular weight excluding hydrogens is 440 g/mol. The molecule has 0 radical (unpaired) electrons. The zero-order chi connectivity index (χ0) is 23.5. The fourth-order valence-corrected chi connectivity index (χ4v) is 4.75. The highest BCUT2D eigenvalue weighted by Gasteiger charge is 2.30. The molecule has 0 saturated carbocycles. The van der Waals surface area contributed by atoms with Crippen molar-refractivity contribution in [2.75, 3.05) is 38.6 Å². The van der Waals surface area contributed by atoms with E-state index in [1.54, 1.807) is 4.90 Å². The number of nitro benzene ring substituents is 1. The number of nitrogens with zero attached hydrogens (tertiary/aromatic N) is 3. The van der Waals surface area contributed by atoms with Gasteiger partial charge in [-0.2, -0.15) is 4.31 Å². The first-order chi connectivity index (χ1) is 15.1. The van der Waals surface area contributed by atoms with E-state index in [9.17, 15) is 28.1 Å². The van der Waals surface area contributed by atoms with E-state index in [2.05, 4.69) is 5.32 Å². The Balaban J connectivity index is 1.81. The zero-order valence-corrected chi connectivity index (χ0v) is 18.3. The van der Waals surface area contributed by atoms with Gasteiger partial charge < -0.3 is 15.0 Å². The normalized spacial score (nSPS) is 14.6. The summed E-state index contributed by atoms with van der Waals surface area (Å²) in [5, 5.41) is 13.8. The first kappa shape index (κ1) is 23.2. The summed E-state index contributed by atoms with van der Waals surface area (Å²) in [6, 6.07) is 9.41. The van der Waals surface area contributed by atoms with E-state index >= 15 is 0 Å². The molecule has 12 heteroatoms. The molecule has 1 aliphatic heterocycles. The minimum Gasteiger partial charge on any atom is -0.496 e. The maximum Gasteiger partial charge on any atom is 0.296 e. The van der Waals surface area contributed by atoms with Crippen molar-refractivity contribution >= 4 is 33.2 Å². The van der Waals surface area contributed by atoms with E-state index in [-0.39, 0.29) is 59.7 Å². The highest BCUT2D eigenvalue weighted by atomic mass is 32.2. The number of nitro groups is 1. The van der Waals surface area contributed by atoms with Crippen LogP contribution in [-0.4, -0.2) is 67.6 Å².